The number of rotatable bonds is 3. The minimum absolute atomic E-state index is 0.0994. The van der Waals surface area contributed by atoms with Gasteiger partial charge in [-0.2, -0.15) is 0 Å². The lowest BCUT2D eigenvalue weighted by Gasteiger charge is -2.57. The first-order valence-electron chi connectivity index (χ1n) is 10.5. The van der Waals surface area contributed by atoms with E-state index < -0.39 is 15.1 Å². The molecular weight excluding hydrogens is 378 g/mol. The van der Waals surface area contributed by atoms with E-state index in [0.29, 0.717) is 25.9 Å². The van der Waals surface area contributed by atoms with Crippen LogP contribution in [0.4, 0.5) is 0 Å². The molecule has 1 unspecified atom stereocenters. The van der Waals surface area contributed by atoms with Crippen LogP contribution in [0.1, 0.15) is 61.5 Å². The largest absolute Gasteiger partial charge is 0.342 e. The molecule has 5 aliphatic rings. The highest BCUT2D eigenvalue weighted by Gasteiger charge is 2.51. The predicted octanol–water partition coefficient (Wildman–Crippen LogP) is 4.04. The first-order chi connectivity index (χ1) is 12.9. The molecule has 27 heavy (non-hydrogen) atoms. The summed E-state index contributed by atoms with van der Waals surface area (Å²) in [6, 6.07) is 3.83. The summed E-state index contributed by atoms with van der Waals surface area (Å²) in [5.41, 5.74) is 0.226. The molecule has 148 valence electrons. The third kappa shape index (κ3) is 3.37. The van der Waals surface area contributed by atoms with Crippen molar-refractivity contribution in [2.45, 2.75) is 56.6 Å². The van der Waals surface area contributed by atoms with E-state index in [1.165, 1.54) is 49.9 Å². The minimum atomic E-state index is -3.19. The maximum Gasteiger partial charge on any atom is 0.223 e. The van der Waals surface area contributed by atoms with E-state index in [1.54, 1.807) is 0 Å². The Morgan fingerprint density at radius 3 is 2.37 bits per heavy atom. The molecule has 0 spiro atoms. The van der Waals surface area contributed by atoms with Gasteiger partial charge in [0, 0.05) is 24.4 Å². The molecule has 6 rings (SSSR count). The topological polar surface area (TPSA) is 54.5 Å². The Balaban J connectivity index is 1.29. The monoisotopic (exact) mass is 407 g/mol. The average molecular weight is 408 g/mol. The second-order valence-electron chi connectivity index (χ2n) is 9.63. The van der Waals surface area contributed by atoms with Gasteiger partial charge in [0.25, 0.3) is 0 Å². The van der Waals surface area contributed by atoms with Crippen LogP contribution in [-0.4, -0.2) is 38.1 Å². The number of hydrogen-bond donors (Lipinski definition) is 0. The Bertz CT molecular complexity index is 779. The van der Waals surface area contributed by atoms with Gasteiger partial charge in [-0.25, -0.2) is 8.42 Å². The number of sulfone groups is 1. The highest BCUT2D eigenvalue weighted by Crippen LogP contribution is 2.61. The third-order valence-corrected chi connectivity index (χ3v) is 10.9. The van der Waals surface area contributed by atoms with Gasteiger partial charge < -0.3 is 4.90 Å². The van der Waals surface area contributed by atoms with Crippen molar-refractivity contribution in [2.24, 2.45) is 23.2 Å². The standard InChI is InChI=1S/C21H29NO3S2/c23-20(14-21-11-15-8-16(12-21)10-17(9-15)13-21)22-4-3-19(18-2-1-6-26-18)27(24,25)7-5-22/h1-2,6,15-17,19H,3-5,7-14H2. The summed E-state index contributed by atoms with van der Waals surface area (Å²) >= 11 is 1.51. The van der Waals surface area contributed by atoms with E-state index in [2.05, 4.69) is 0 Å². The summed E-state index contributed by atoms with van der Waals surface area (Å²) in [5, 5.41) is 1.50. The molecule has 1 amide bonds. The van der Waals surface area contributed by atoms with Crippen LogP contribution >= 0.6 is 11.3 Å². The summed E-state index contributed by atoms with van der Waals surface area (Å²) in [5.74, 6) is 2.84. The van der Waals surface area contributed by atoms with Crippen LogP contribution in [0.3, 0.4) is 0 Å². The van der Waals surface area contributed by atoms with E-state index in [0.717, 1.165) is 22.6 Å². The van der Waals surface area contributed by atoms with Crippen LogP contribution in [0.2, 0.25) is 0 Å². The number of hydrogen-bond acceptors (Lipinski definition) is 4. The third-order valence-electron chi connectivity index (χ3n) is 7.64. The number of carbonyl (C=O) groups excluding carboxylic acids is 1. The fourth-order valence-electron chi connectivity index (χ4n) is 6.93. The zero-order valence-electron chi connectivity index (χ0n) is 15.8. The SMILES string of the molecule is O=C(CC12CC3CC(CC(C3)C1)C2)N1CCC(c2cccs2)S(=O)(=O)CC1. The zero-order chi connectivity index (χ0) is 18.6. The lowest BCUT2D eigenvalue weighted by Crippen LogP contribution is -2.48. The Labute approximate surface area is 166 Å². The van der Waals surface area contributed by atoms with Crippen LogP contribution in [0.5, 0.6) is 0 Å². The molecule has 4 aliphatic carbocycles. The number of carbonyl (C=O) groups is 1. The van der Waals surface area contributed by atoms with Crippen molar-refractivity contribution >= 4 is 27.1 Å². The van der Waals surface area contributed by atoms with Gasteiger partial charge in [-0.15, -0.1) is 11.3 Å². The first kappa shape index (κ1) is 18.2. The highest BCUT2D eigenvalue weighted by molar-refractivity contribution is 7.91. The molecule has 0 aromatic carbocycles. The summed E-state index contributed by atoms with van der Waals surface area (Å²) in [6.07, 6.45) is 9.04. The second kappa shape index (κ2) is 6.58. The van der Waals surface area contributed by atoms with E-state index >= 15 is 0 Å². The van der Waals surface area contributed by atoms with Crippen molar-refractivity contribution in [3.8, 4) is 0 Å². The van der Waals surface area contributed by atoms with Crippen LogP contribution in [0.15, 0.2) is 17.5 Å². The summed E-state index contributed by atoms with van der Waals surface area (Å²) in [7, 11) is -3.19. The van der Waals surface area contributed by atoms with Crippen molar-refractivity contribution < 1.29 is 13.2 Å². The molecule has 1 aromatic rings. The minimum Gasteiger partial charge on any atom is -0.342 e. The molecule has 4 bridgehead atoms. The van der Waals surface area contributed by atoms with E-state index in [-0.39, 0.29) is 17.1 Å². The first-order valence-corrected chi connectivity index (χ1v) is 13.0. The highest BCUT2D eigenvalue weighted by atomic mass is 32.2. The second-order valence-corrected chi connectivity index (χ2v) is 12.9. The van der Waals surface area contributed by atoms with Gasteiger partial charge in [-0.1, -0.05) is 6.07 Å². The molecule has 6 heteroatoms. The van der Waals surface area contributed by atoms with Gasteiger partial charge in [-0.05, 0) is 79.6 Å². The number of amides is 1. The van der Waals surface area contributed by atoms with Crippen molar-refractivity contribution in [3.05, 3.63) is 22.4 Å². The van der Waals surface area contributed by atoms with Gasteiger partial charge in [-0.3, -0.25) is 4.79 Å². The van der Waals surface area contributed by atoms with E-state index in [9.17, 15) is 13.2 Å². The molecule has 1 saturated heterocycles. The molecule has 1 aromatic heterocycles. The summed E-state index contributed by atoms with van der Waals surface area (Å²) in [6.45, 7) is 0.947. The van der Waals surface area contributed by atoms with E-state index in [4.69, 9.17) is 0 Å². The lowest BCUT2D eigenvalue weighted by molar-refractivity contribution is -0.139. The van der Waals surface area contributed by atoms with Crippen molar-refractivity contribution in [3.63, 3.8) is 0 Å². The molecule has 5 fully saturated rings. The Hall–Kier alpha value is -0.880. The molecular formula is C21H29NO3S2. The Kier molecular flexibility index (Phi) is 4.43. The molecule has 0 radical (unpaired) electrons. The summed E-state index contributed by atoms with van der Waals surface area (Å²) in [4.78, 5) is 16.0. The van der Waals surface area contributed by atoms with Crippen molar-refractivity contribution in [1.82, 2.24) is 4.90 Å². The van der Waals surface area contributed by atoms with Crippen molar-refractivity contribution in [2.75, 3.05) is 18.8 Å². The van der Waals surface area contributed by atoms with Gasteiger partial charge >= 0.3 is 0 Å². The van der Waals surface area contributed by atoms with Gasteiger partial charge in [0.05, 0.1) is 11.0 Å². The quantitative estimate of drug-likeness (QED) is 0.760. The lowest BCUT2D eigenvalue weighted by atomic mass is 9.49. The van der Waals surface area contributed by atoms with Gasteiger partial charge in [0.2, 0.25) is 5.91 Å². The fraction of sp³-hybridized carbons (Fsp3) is 0.762. The summed E-state index contributed by atoms with van der Waals surface area (Å²) < 4.78 is 25.5. The molecule has 2 heterocycles. The molecule has 4 nitrogen and oxygen atoms in total. The van der Waals surface area contributed by atoms with Crippen molar-refractivity contribution in [1.29, 1.82) is 0 Å². The Morgan fingerprint density at radius 1 is 1.11 bits per heavy atom. The zero-order valence-corrected chi connectivity index (χ0v) is 17.4. The van der Waals surface area contributed by atoms with Crippen LogP contribution in [0, 0.1) is 23.2 Å². The molecule has 4 saturated carbocycles. The Morgan fingerprint density at radius 2 is 1.78 bits per heavy atom. The normalized spacial score (nSPS) is 40.1. The fourth-order valence-corrected chi connectivity index (χ4v) is 9.93. The average Bonchev–Trinajstić information content (AvgIpc) is 3.04. The van der Waals surface area contributed by atoms with Crippen LogP contribution in [-0.2, 0) is 14.6 Å². The maximum absolute atomic E-state index is 13.2. The van der Waals surface area contributed by atoms with Crippen LogP contribution in [0.25, 0.3) is 0 Å². The maximum atomic E-state index is 13.2. The molecule has 0 N–H and O–H groups in total. The van der Waals surface area contributed by atoms with Crippen LogP contribution < -0.4 is 0 Å². The van der Waals surface area contributed by atoms with Gasteiger partial charge in [0.15, 0.2) is 9.84 Å². The molecule has 1 aliphatic heterocycles. The van der Waals surface area contributed by atoms with Gasteiger partial charge in [0.1, 0.15) is 0 Å². The predicted molar refractivity (Wildman–Crippen MR) is 107 cm³/mol. The number of thiophene rings is 1. The molecule has 1 atom stereocenters. The van der Waals surface area contributed by atoms with E-state index in [1.807, 2.05) is 22.4 Å². The smallest absolute Gasteiger partial charge is 0.223 e. The number of nitrogens with zero attached hydrogens (tertiary/aromatic N) is 1.